The second-order valence-electron chi connectivity index (χ2n) is 6.75. The van der Waals surface area contributed by atoms with E-state index in [1.807, 2.05) is 25.1 Å². The Balaban J connectivity index is 1.31. The van der Waals surface area contributed by atoms with Crippen molar-refractivity contribution in [2.75, 3.05) is 5.32 Å². The van der Waals surface area contributed by atoms with Crippen molar-refractivity contribution in [1.29, 1.82) is 0 Å². The number of thioether (sulfide) groups is 1. The normalized spacial score (nSPS) is 13.2. The molecule has 5 rings (SSSR count). The number of hydrogen-bond donors (Lipinski definition) is 2. The Labute approximate surface area is 183 Å². The third kappa shape index (κ3) is 3.68. The summed E-state index contributed by atoms with van der Waals surface area (Å²) in [5.74, 6) is 1.21. The number of halogens is 1. The Morgan fingerprint density at radius 1 is 1.28 bits per heavy atom. The van der Waals surface area contributed by atoms with Crippen molar-refractivity contribution in [3.8, 4) is 0 Å². The van der Waals surface area contributed by atoms with Crippen molar-refractivity contribution < 1.29 is 0 Å². The zero-order valence-electron chi connectivity index (χ0n) is 15.4. The number of benzene rings is 1. The van der Waals surface area contributed by atoms with Gasteiger partial charge in [-0.15, -0.1) is 21.5 Å². The summed E-state index contributed by atoms with van der Waals surface area (Å²) in [6, 6.07) is 5.71. The molecule has 0 unspecified atom stereocenters. The summed E-state index contributed by atoms with van der Waals surface area (Å²) in [5, 5.41) is 13.9. The van der Waals surface area contributed by atoms with Crippen LogP contribution in [-0.2, 0) is 18.6 Å². The third-order valence-electron chi connectivity index (χ3n) is 4.87. The van der Waals surface area contributed by atoms with E-state index in [2.05, 4.69) is 25.5 Å². The molecule has 1 aliphatic carbocycles. The van der Waals surface area contributed by atoms with Gasteiger partial charge in [0.25, 0.3) is 5.56 Å². The van der Waals surface area contributed by atoms with E-state index >= 15 is 0 Å². The van der Waals surface area contributed by atoms with Crippen molar-refractivity contribution in [3.63, 3.8) is 0 Å². The third-order valence-corrected chi connectivity index (χ3v) is 8.45. The molecular formula is C19H16ClN5OS3. The molecule has 29 heavy (non-hydrogen) atoms. The fourth-order valence-corrected chi connectivity index (χ4v) is 6.51. The number of H-pyrrole nitrogens is 1. The number of aromatic amines is 1. The van der Waals surface area contributed by atoms with Crippen LogP contribution in [0.1, 0.15) is 28.2 Å². The van der Waals surface area contributed by atoms with Gasteiger partial charge < -0.3 is 10.3 Å². The Kier molecular flexibility index (Phi) is 5.07. The monoisotopic (exact) mass is 461 g/mol. The molecule has 10 heteroatoms. The highest BCUT2D eigenvalue weighted by atomic mass is 35.5. The first-order chi connectivity index (χ1) is 14.1. The number of fused-ring (bicyclic) bond motifs is 3. The van der Waals surface area contributed by atoms with Gasteiger partial charge in [-0.3, -0.25) is 4.79 Å². The van der Waals surface area contributed by atoms with Crippen molar-refractivity contribution >= 4 is 67.1 Å². The second kappa shape index (κ2) is 7.71. The SMILES string of the molecule is Cc1c(Cl)cccc1Nc1nnc(SCc2nc3sc4c(c3c(=O)[nH]2)CCC4)s1. The van der Waals surface area contributed by atoms with Gasteiger partial charge in [0.15, 0.2) is 4.34 Å². The molecule has 0 amide bonds. The topological polar surface area (TPSA) is 83.6 Å². The van der Waals surface area contributed by atoms with Crippen LogP contribution in [0.25, 0.3) is 10.2 Å². The number of nitrogens with one attached hydrogen (secondary N) is 2. The molecule has 1 aromatic carbocycles. The van der Waals surface area contributed by atoms with Crippen LogP contribution in [0.3, 0.4) is 0 Å². The van der Waals surface area contributed by atoms with Crippen LogP contribution < -0.4 is 10.9 Å². The summed E-state index contributed by atoms with van der Waals surface area (Å²) in [6.07, 6.45) is 3.18. The first kappa shape index (κ1) is 19.0. The molecule has 3 aromatic heterocycles. The summed E-state index contributed by atoms with van der Waals surface area (Å²) >= 11 is 10.8. The molecule has 0 radical (unpaired) electrons. The van der Waals surface area contributed by atoms with Crippen molar-refractivity contribution in [2.45, 2.75) is 36.3 Å². The molecule has 0 spiro atoms. The summed E-state index contributed by atoms with van der Waals surface area (Å²) in [5.41, 5.74) is 3.05. The predicted octanol–water partition coefficient (Wildman–Crippen LogP) is 5.32. The van der Waals surface area contributed by atoms with Gasteiger partial charge in [-0.05, 0) is 49.4 Å². The smallest absolute Gasteiger partial charge is 0.259 e. The first-order valence-corrected chi connectivity index (χ1v) is 12.1. The molecule has 1 aliphatic rings. The average molecular weight is 462 g/mol. The number of anilines is 2. The van der Waals surface area contributed by atoms with E-state index in [-0.39, 0.29) is 5.56 Å². The van der Waals surface area contributed by atoms with Gasteiger partial charge in [-0.2, -0.15) is 0 Å². The van der Waals surface area contributed by atoms with E-state index in [9.17, 15) is 4.79 Å². The van der Waals surface area contributed by atoms with Gasteiger partial charge in [-0.1, -0.05) is 40.8 Å². The maximum Gasteiger partial charge on any atom is 0.259 e. The van der Waals surface area contributed by atoms with Gasteiger partial charge in [0.2, 0.25) is 5.13 Å². The molecule has 0 aliphatic heterocycles. The van der Waals surface area contributed by atoms with Crippen LogP contribution in [-0.4, -0.2) is 20.2 Å². The highest BCUT2D eigenvalue weighted by molar-refractivity contribution is 8.00. The zero-order chi connectivity index (χ0) is 20.0. The number of thiophene rings is 1. The lowest BCUT2D eigenvalue weighted by molar-refractivity contribution is 0.916. The maximum atomic E-state index is 12.6. The van der Waals surface area contributed by atoms with Crippen LogP contribution in [0.15, 0.2) is 27.3 Å². The lowest BCUT2D eigenvalue weighted by Crippen LogP contribution is -2.11. The molecule has 148 valence electrons. The lowest BCUT2D eigenvalue weighted by Gasteiger charge is -2.06. The second-order valence-corrected chi connectivity index (χ2v) is 10.4. The molecule has 0 fully saturated rings. The van der Waals surface area contributed by atoms with E-state index < -0.39 is 0 Å². The van der Waals surface area contributed by atoms with E-state index in [1.165, 1.54) is 33.5 Å². The minimum absolute atomic E-state index is 0.0268. The highest BCUT2D eigenvalue weighted by Crippen LogP contribution is 2.35. The van der Waals surface area contributed by atoms with Crippen molar-refractivity contribution in [1.82, 2.24) is 20.2 Å². The van der Waals surface area contributed by atoms with Crippen LogP contribution in [0.5, 0.6) is 0 Å². The first-order valence-electron chi connectivity index (χ1n) is 9.10. The number of rotatable bonds is 5. The molecule has 0 saturated carbocycles. The van der Waals surface area contributed by atoms with Gasteiger partial charge in [0.05, 0.1) is 11.1 Å². The Bertz CT molecular complexity index is 1280. The van der Waals surface area contributed by atoms with E-state index in [4.69, 9.17) is 11.6 Å². The molecule has 0 bridgehead atoms. The highest BCUT2D eigenvalue weighted by Gasteiger charge is 2.21. The number of aromatic nitrogens is 4. The van der Waals surface area contributed by atoms with E-state index in [0.29, 0.717) is 21.7 Å². The minimum atomic E-state index is -0.0268. The quantitative estimate of drug-likeness (QED) is 0.391. The zero-order valence-corrected chi connectivity index (χ0v) is 18.6. The summed E-state index contributed by atoms with van der Waals surface area (Å²) in [6.45, 7) is 1.96. The van der Waals surface area contributed by atoms with Crippen LogP contribution >= 0.6 is 46.0 Å². The van der Waals surface area contributed by atoms with Gasteiger partial charge >= 0.3 is 0 Å². The standard InChI is InChI=1S/C19H16ClN5OS3/c1-9-11(20)5-3-6-12(9)21-18-24-25-19(29-18)27-8-14-22-16(26)15-10-4-2-7-13(10)28-17(15)23-14/h3,5-6H,2,4,7-8H2,1H3,(H,21,24)(H,22,23,26). The minimum Gasteiger partial charge on any atom is -0.330 e. The maximum absolute atomic E-state index is 12.6. The van der Waals surface area contributed by atoms with Gasteiger partial charge in [-0.25, -0.2) is 4.98 Å². The number of hydrogen-bond acceptors (Lipinski definition) is 8. The molecule has 4 aromatic rings. The average Bonchev–Trinajstić information content (AvgIpc) is 3.39. The molecular weight excluding hydrogens is 446 g/mol. The molecule has 2 N–H and O–H groups in total. The Morgan fingerprint density at radius 2 is 2.17 bits per heavy atom. The van der Waals surface area contributed by atoms with Crippen molar-refractivity contribution in [2.24, 2.45) is 0 Å². The number of aryl methyl sites for hydroxylation is 2. The van der Waals surface area contributed by atoms with Crippen LogP contribution in [0.2, 0.25) is 5.02 Å². The lowest BCUT2D eigenvalue weighted by atomic mass is 10.2. The van der Waals surface area contributed by atoms with Crippen LogP contribution in [0.4, 0.5) is 10.8 Å². The number of nitrogens with zero attached hydrogens (tertiary/aromatic N) is 3. The fraction of sp³-hybridized carbons (Fsp3) is 0.263. The summed E-state index contributed by atoms with van der Waals surface area (Å²) in [4.78, 5) is 22.3. The Hall–Kier alpha value is -1.94. The fourth-order valence-electron chi connectivity index (χ4n) is 3.42. The molecule has 0 atom stereocenters. The largest absolute Gasteiger partial charge is 0.330 e. The van der Waals surface area contributed by atoms with Gasteiger partial charge in [0, 0.05) is 15.6 Å². The Morgan fingerprint density at radius 3 is 3.07 bits per heavy atom. The summed E-state index contributed by atoms with van der Waals surface area (Å²) < 4.78 is 0.809. The van der Waals surface area contributed by atoms with Gasteiger partial charge in [0.1, 0.15) is 10.7 Å². The van der Waals surface area contributed by atoms with Crippen molar-refractivity contribution in [3.05, 3.63) is 55.4 Å². The van der Waals surface area contributed by atoms with E-state index in [1.54, 1.807) is 11.3 Å². The molecule has 3 heterocycles. The predicted molar refractivity (Wildman–Crippen MR) is 121 cm³/mol. The molecule has 0 saturated heterocycles. The van der Waals surface area contributed by atoms with Crippen LogP contribution in [0, 0.1) is 6.92 Å². The molecule has 6 nitrogen and oxygen atoms in total. The van der Waals surface area contributed by atoms with E-state index in [0.717, 1.165) is 45.1 Å². The summed E-state index contributed by atoms with van der Waals surface area (Å²) in [7, 11) is 0.